The first-order chi connectivity index (χ1) is 10.7. The van der Waals surface area contributed by atoms with E-state index in [1.54, 1.807) is 13.8 Å². The van der Waals surface area contributed by atoms with Crippen LogP contribution < -0.4 is 5.32 Å². The summed E-state index contributed by atoms with van der Waals surface area (Å²) in [6.45, 7) is 3.26. The second-order valence-electron chi connectivity index (χ2n) is 5.14. The van der Waals surface area contributed by atoms with Gasteiger partial charge in [-0.1, -0.05) is 0 Å². The summed E-state index contributed by atoms with van der Waals surface area (Å²) in [6.07, 6.45) is -1.71. The van der Waals surface area contributed by atoms with Crippen molar-refractivity contribution >= 4 is 12.1 Å². The van der Waals surface area contributed by atoms with Crippen molar-refractivity contribution in [3.8, 4) is 0 Å². The van der Waals surface area contributed by atoms with Gasteiger partial charge >= 0.3 is 12.1 Å². The second-order valence-corrected chi connectivity index (χ2v) is 5.14. The Balaban J connectivity index is 2.89. The Bertz CT molecular complexity index is 578. The van der Waals surface area contributed by atoms with Gasteiger partial charge in [-0.15, -0.1) is 0 Å². The molecule has 0 fully saturated rings. The monoisotopic (exact) mass is 333 g/mol. The molecule has 0 unspecified atom stereocenters. The summed E-state index contributed by atoms with van der Waals surface area (Å²) in [6, 6.07) is 0.199. The Morgan fingerprint density at radius 3 is 2.30 bits per heavy atom. The average molecular weight is 333 g/mol. The van der Waals surface area contributed by atoms with Crippen LogP contribution in [-0.4, -0.2) is 31.3 Å². The molecule has 0 heterocycles. The summed E-state index contributed by atoms with van der Waals surface area (Å²) in [4.78, 5) is 23.0. The lowest BCUT2D eigenvalue weighted by molar-refractivity contribution is -0.141. The molecule has 0 aliphatic heterocycles. The minimum Gasteiger partial charge on any atom is -0.469 e. The van der Waals surface area contributed by atoms with Crippen LogP contribution in [0.3, 0.4) is 0 Å². The molecule has 1 rings (SSSR count). The number of hydrogen-bond acceptors (Lipinski definition) is 4. The molecule has 1 aromatic carbocycles. The van der Waals surface area contributed by atoms with Gasteiger partial charge < -0.3 is 14.8 Å². The Morgan fingerprint density at radius 2 is 1.74 bits per heavy atom. The van der Waals surface area contributed by atoms with Crippen LogP contribution in [0.4, 0.5) is 18.0 Å². The minimum absolute atomic E-state index is 0.178. The van der Waals surface area contributed by atoms with Gasteiger partial charge in [0.15, 0.2) is 11.6 Å². The van der Waals surface area contributed by atoms with E-state index in [1.807, 2.05) is 0 Å². The molecule has 8 heteroatoms. The van der Waals surface area contributed by atoms with Gasteiger partial charge in [-0.25, -0.2) is 18.0 Å². The van der Waals surface area contributed by atoms with Crippen LogP contribution in [0.1, 0.15) is 25.8 Å². The highest BCUT2D eigenvalue weighted by Crippen LogP contribution is 2.16. The molecule has 1 amide bonds. The molecular formula is C15H18F3NO4. The third-order valence-corrected chi connectivity index (χ3v) is 2.86. The van der Waals surface area contributed by atoms with Crippen molar-refractivity contribution < 1.29 is 32.2 Å². The number of esters is 1. The number of alkyl carbamates (subject to hydrolysis) is 1. The smallest absolute Gasteiger partial charge is 0.407 e. The fourth-order valence-corrected chi connectivity index (χ4v) is 1.86. The first-order valence-corrected chi connectivity index (χ1v) is 6.90. The van der Waals surface area contributed by atoms with Gasteiger partial charge in [-0.3, -0.25) is 4.79 Å². The number of carbonyl (C=O) groups is 2. The highest BCUT2D eigenvalue weighted by atomic mass is 19.2. The summed E-state index contributed by atoms with van der Waals surface area (Å²) < 4.78 is 49.2. The van der Waals surface area contributed by atoms with Crippen molar-refractivity contribution in [3.63, 3.8) is 0 Å². The zero-order chi connectivity index (χ0) is 17.6. The molecule has 0 aliphatic carbocycles. The predicted molar refractivity (Wildman–Crippen MR) is 75.2 cm³/mol. The molecule has 1 atom stereocenters. The van der Waals surface area contributed by atoms with Gasteiger partial charge in [0.05, 0.1) is 19.6 Å². The molecular weight excluding hydrogens is 315 g/mol. The van der Waals surface area contributed by atoms with E-state index in [4.69, 9.17) is 4.74 Å². The SMILES string of the molecule is COC(=O)C[C@@H](Cc1cc(F)c(F)cc1F)NC(=O)OC(C)C. The first kappa shape index (κ1) is 18.8. The summed E-state index contributed by atoms with van der Waals surface area (Å²) >= 11 is 0. The number of carbonyl (C=O) groups excluding carboxylic acids is 2. The lowest BCUT2D eigenvalue weighted by Crippen LogP contribution is -2.39. The fraction of sp³-hybridized carbons (Fsp3) is 0.467. The van der Waals surface area contributed by atoms with Crippen molar-refractivity contribution in [3.05, 3.63) is 35.1 Å². The normalized spacial score (nSPS) is 12.0. The summed E-state index contributed by atoms with van der Waals surface area (Å²) in [7, 11) is 1.16. The quantitative estimate of drug-likeness (QED) is 0.642. The van der Waals surface area contributed by atoms with Crippen LogP contribution in [0.5, 0.6) is 0 Å². The van der Waals surface area contributed by atoms with Gasteiger partial charge in [0.25, 0.3) is 0 Å². The number of benzene rings is 1. The molecule has 1 aromatic rings. The van der Waals surface area contributed by atoms with Crippen LogP contribution in [0.2, 0.25) is 0 Å². The molecule has 128 valence electrons. The molecule has 0 bridgehead atoms. The third-order valence-electron chi connectivity index (χ3n) is 2.86. The standard InChI is InChI=1S/C15H18F3NO4/c1-8(2)23-15(21)19-10(6-14(20)22-3)4-9-5-12(17)13(18)7-11(9)16/h5,7-8,10H,4,6H2,1-3H3,(H,19,21)/t10-/m1/s1. The van der Waals surface area contributed by atoms with E-state index in [2.05, 4.69) is 10.1 Å². The average Bonchev–Trinajstić information content (AvgIpc) is 2.43. The van der Waals surface area contributed by atoms with Crippen LogP contribution in [-0.2, 0) is 20.7 Å². The Kier molecular flexibility index (Phi) is 6.87. The largest absolute Gasteiger partial charge is 0.469 e. The van der Waals surface area contributed by atoms with E-state index in [0.29, 0.717) is 12.1 Å². The zero-order valence-corrected chi connectivity index (χ0v) is 13.0. The van der Waals surface area contributed by atoms with Crippen molar-refractivity contribution in [2.45, 2.75) is 38.8 Å². The minimum atomic E-state index is -1.32. The van der Waals surface area contributed by atoms with Crippen LogP contribution >= 0.6 is 0 Å². The predicted octanol–water partition coefficient (Wildman–Crippen LogP) is 2.71. The molecule has 0 saturated carbocycles. The number of rotatable bonds is 6. The molecule has 0 spiro atoms. The van der Waals surface area contributed by atoms with Crippen LogP contribution in [0, 0.1) is 17.5 Å². The second kappa shape index (κ2) is 8.40. The maximum absolute atomic E-state index is 13.7. The Labute approximate surface area is 131 Å². The van der Waals surface area contributed by atoms with Crippen LogP contribution in [0.15, 0.2) is 12.1 Å². The Morgan fingerprint density at radius 1 is 1.13 bits per heavy atom. The fourth-order valence-electron chi connectivity index (χ4n) is 1.86. The number of halogens is 3. The van der Waals surface area contributed by atoms with E-state index in [0.717, 1.165) is 7.11 Å². The van der Waals surface area contributed by atoms with E-state index < -0.39 is 41.7 Å². The summed E-state index contributed by atoms with van der Waals surface area (Å²) in [5.41, 5.74) is -0.178. The van der Waals surface area contributed by atoms with Gasteiger partial charge in [-0.05, 0) is 31.9 Å². The van der Waals surface area contributed by atoms with E-state index in [1.165, 1.54) is 0 Å². The third kappa shape index (κ3) is 6.17. The van der Waals surface area contributed by atoms with E-state index >= 15 is 0 Å². The summed E-state index contributed by atoms with van der Waals surface area (Å²) in [5, 5.41) is 2.38. The van der Waals surface area contributed by atoms with Crippen molar-refractivity contribution in [2.24, 2.45) is 0 Å². The lowest BCUT2D eigenvalue weighted by atomic mass is 10.0. The first-order valence-electron chi connectivity index (χ1n) is 6.90. The summed E-state index contributed by atoms with van der Waals surface area (Å²) in [5.74, 6) is -4.16. The molecule has 5 nitrogen and oxygen atoms in total. The number of methoxy groups -OCH3 is 1. The zero-order valence-electron chi connectivity index (χ0n) is 13.0. The molecule has 0 radical (unpaired) electrons. The van der Waals surface area contributed by atoms with Crippen molar-refractivity contribution in [1.29, 1.82) is 0 Å². The molecule has 0 aliphatic rings. The number of amides is 1. The molecule has 0 saturated heterocycles. The van der Waals surface area contributed by atoms with Crippen LogP contribution in [0.25, 0.3) is 0 Å². The maximum Gasteiger partial charge on any atom is 0.407 e. The van der Waals surface area contributed by atoms with Gasteiger partial charge in [0, 0.05) is 12.1 Å². The highest BCUT2D eigenvalue weighted by molar-refractivity contribution is 5.72. The number of nitrogens with one attached hydrogen (secondary N) is 1. The Hall–Kier alpha value is -2.25. The highest BCUT2D eigenvalue weighted by Gasteiger charge is 2.21. The lowest BCUT2D eigenvalue weighted by Gasteiger charge is -2.19. The van der Waals surface area contributed by atoms with Crippen molar-refractivity contribution in [1.82, 2.24) is 5.32 Å². The van der Waals surface area contributed by atoms with Gasteiger partial charge in [0.1, 0.15) is 5.82 Å². The maximum atomic E-state index is 13.7. The number of hydrogen-bond donors (Lipinski definition) is 1. The van der Waals surface area contributed by atoms with E-state index in [9.17, 15) is 22.8 Å². The van der Waals surface area contributed by atoms with E-state index in [-0.39, 0.29) is 18.4 Å². The number of ether oxygens (including phenoxy) is 2. The molecule has 23 heavy (non-hydrogen) atoms. The van der Waals surface area contributed by atoms with Gasteiger partial charge in [-0.2, -0.15) is 0 Å². The molecule has 0 aromatic heterocycles. The molecule has 1 N–H and O–H groups in total. The van der Waals surface area contributed by atoms with Gasteiger partial charge in [0.2, 0.25) is 0 Å². The topological polar surface area (TPSA) is 64.6 Å². The van der Waals surface area contributed by atoms with Crippen molar-refractivity contribution in [2.75, 3.05) is 7.11 Å².